The number of ketones is 1. The molecule has 8 heteroatoms. The van der Waals surface area contributed by atoms with Gasteiger partial charge in [-0.25, -0.2) is 13.6 Å². The predicted molar refractivity (Wildman–Crippen MR) is 83.2 cm³/mol. The monoisotopic (exact) mass is 425 g/mol. The molecule has 120 valence electrons. The molecule has 0 radical (unpaired) electrons. The van der Waals surface area contributed by atoms with Crippen molar-refractivity contribution < 1.29 is 28.2 Å². The largest absolute Gasteiger partial charge is 0.462 e. The smallest absolute Gasteiger partial charge is 0.343 e. The van der Waals surface area contributed by atoms with Gasteiger partial charge in [0, 0.05) is 16.3 Å². The summed E-state index contributed by atoms with van der Waals surface area (Å²) in [4.78, 5) is 24.1. The fourth-order valence-electron chi connectivity index (χ4n) is 1.53. The average molecular weight is 425 g/mol. The van der Waals surface area contributed by atoms with Crippen LogP contribution in [0.4, 0.5) is 8.78 Å². The molecule has 0 fully saturated rings. The van der Waals surface area contributed by atoms with E-state index in [2.05, 4.69) is 5.32 Å². The number of Topliss-reactive ketones (excluding diaryl/α,β-unsaturated/α-hetero) is 1. The first kappa shape index (κ1) is 18.5. The molecule has 0 atom stereocenters. The molecule has 5 nitrogen and oxygen atoms in total. The maximum atomic E-state index is 13.8. The second-order valence-electron chi connectivity index (χ2n) is 4.03. The number of rotatable bonds is 7. The zero-order valence-corrected chi connectivity index (χ0v) is 13.8. The number of aliphatic hydroxyl groups is 1. The lowest BCUT2D eigenvalue weighted by Gasteiger charge is -2.09. The topological polar surface area (TPSA) is 75.6 Å². The van der Waals surface area contributed by atoms with Gasteiger partial charge in [0.1, 0.15) is 5.57 Å². The highest BCUT2D eigenvalue weighted by Crippen LogP contribution is 2.20. The molecule has 1 aromatic carbocycles. The molecular weight excluding hydrogens is 411 g/mol. The summed E-state index contributed by atoms with van der Waals surface area (Å²) in [6.45, 7) is 1.42. The number of carbonyl (C=O) groups is 2. The number of carbonyl (C=O) groups excluding carboxylic acids is 2. The Balaban J connectivity index is 3.22. The van der Waals surface area contributed by atoms with Crippen LogP contribution in [0.5, 0.6) is 0 Å². The number of nitrogens with one attached hydrogen (secondary N) is 1. The number of esters is 1. The molecule has 0 amide bonds. The van der Waals surface area contributed by atoms with Gasteiger partial charge in [-0.15, -0.1) is 0 Å². The van der Waals surface area contributed by atoms with Gasteiger partial charge in [0.15, 0.2) is 11.6 Å². The first-order chi connectivity index (χ1) is 10.4. The first-order valence-electron chi connectivity index (χ1n) is 6.33. The Labute approximate surface area is 139 Å². The van der Waals surface area contributed by atoms with Crippen molar-refractivity contribution in [3.63, 3.8) is 0 Å². The van der Waals surface area contributed by atoms with Crippen molar-refractivity contribution in [2.75, 3.05) is 19.8 Å². The maximum Gasteiger partial charge on any atom is 0.343 e. The Morgan fingerprint density at radius 3 is 2.68 bits per heavy atom. The van der Waals surface area contributed by atoms with Gasteiger partial charge >= 0.3 is 5.97 Å². The zero-order chi connectivity index (χ0) is 16.7. The molecule has 1 aromatic rings. The third-order valence-corrected chi connectivity index (χ3v) is 3.10. The van der Waals surface area contributed by atoms with E-state index in [0.717, 1.165) is 18.3 Å². The van der Waals surface area contributed by atoms with Crippen molar-refractivity contribution in [2.24, 2.45) is 0 Å². The van der Waals surface area contributed by atoms with E-state index in [4.69, 9.17) is 9.84 Å². The number of benzene rings is 1. The molecule has 0 heterocycles. The summed E-state index contributed by atoms with van der Waals surface area (Å²) in [6.07, 6.45) is 1.02. The normalized spacial score (nSPS) is 11.2. The van der Waals surface area contributed by atoms with E-state index in [1.165, 1.54) is 0 Å². The quantitative estimate of drug-likeness (QED) is 0.102. The first-order valence-corrected chi connectivity index (χ1v) is 7.41. The molecule has 2 N–H and O–H groups in total. The van der Waals surface area contributed by atoms with Crippen molar-refractivity contribution >= 4 is 34.3 Å². The lowest BCUT2D eigenvalue weighted by molar-refractivity contribution is -0.138. The van der Waals surface area contributed by atoms with E-state index in [9.17, 15) is 18.4 Å². The molecule has 0 aliphatic carbocycles. The van der Waals surface area contributed by atoms with Crippen molar-refractivity contribution in [3.8, 4) is 0 Å². The fraction of sp³-hybridized carbons (Fsp3) is 0.286. The van der Waals surface area contributed by atoms with Gasteiger partial charge in [0.25, 0.3) is 0 Å². The lowest BCUT2D eigenvalue weighted by atomic mass is 10.0. The minimum Gasteiger partial charge on any atom is -0.462 e. The van der Waals surface area contributed by atoms with Crippen LogP contribution in [0.25, 0.3) is 0 Å². The lowest BCUT2D eigenvalue weighted by Crippen LogP contribution is -2.22. The van der Waals surface area contributed by atoms with Gasteiger partial charge in [-0.3, -0.25) is 4.79 Å². The summed E-state index contributed by atoms with van der Waals surface area (Å²) in [5.74, 6) is -4.47. The molecule has 0 saturated carbocycles. The Kier molecular flexibility index (Phi) is 7.39. The maximum absolute atomic E-state index is 13.8. The van der Waals surface area contributed by atoms with Crippen LogP contribution in [0.2, 0.25) is 0 Å². The van der Waals surface area contributed by atoms with Gasteiger partial charge in [-0.2, -0.15) is 0 Å². The van der Waals surface area contributed by atoms with Crippen molar-refractivity contribution in [2.45, 2.75) is 6.92 Å². The zero-order valence-electron chi connectivity index (χ0n) is 11.7. The Hall–Kier alpha value is -1.55. The summed E-state index contributed by atoms with van der Waals surface area (Å²) in [5, 5.41) is 11.2. The molecule has 22 heavy (non-hydrogen) atoms. The molecule has 0 unspecified atom stereocenters. The molecule has 1 rings (SSSR count). The molecular formula is C14H14F2INO4. The van der Waals surface area contributed by atoms with E-state index in [0.29, 0.717) is 3.57 Å². The third kappa shape index (κ3) is 4.73. The van der Waals surface area contributed by atoms with Crippen LogP contribution in [0.3, 0.4) is 0 Å². The van der Waals surface area contributed by atoms with E-state index < -0.39 is 34.5 Å². The number of hydrogen-bond acceptors (Lipinski definition) is 5. The second kappa shape index (κ2) is 8.79. The highest BCUT2D eigenvalue weighted by molar-refractivity contribution is 14.1. The minimum absolute atomic E-state index is 0.0205. The minimum atomic E-state index is -1.33. The summed E-state index contributed by atoms with van der Waals surface area (Å²) < 4.78 is 32.2. The Bertz CT molecular complexity index is 605. The van der Waals surface area contributed by atoms with Crippen molar-refractivity contribution in [1.29, 1.82) is 0 Å². The number of halogens is 3. The average Bonchev–Trinajstić information content (AvgIpc) is 2.47. The summed E-state index contributed by atoms with van der Waals surface area (Å²) >= 11 is 1.73. The molecule has 0 aromatic heterocycles. The van der Waals surface area contributed by atoms with Gasteiger partial charge < -0.3 is 15.2 Å². The number of ether oxygens (including phenoxy) is 1. The van der Waals surface area contributed by atoms with Crippen LogP contribution in [-0.4, -0.2) is 36.6 Å². The standard InChI is InChI=1S/C14H14F2INO4/c1-2-22-14(21)10(7-18-3-4-19)13(20)9-5-8(17)6-11(15)12(9)16/h5-7,18-19H,2-4H2,1H3. The highest BCUT2D eigenvalue weighted by atomic mass is 127. The second-order valence-corrected chi connectivity index (χ2v) is 5.28. The van der Waals surface area contributed by atoms with Crippen LogP contribution in [0, 0.1) is 15.2 Å². The Morgan fingerprint density at radius 1 is 1.41 bits per heavy atom. The van der Waals surface area contributed by atoms with Crippen molar-refractivity contribution in [3.05, 3.63) is 44.7 Å². The third-order valence-electron chi connectivity index (χ3n) is 2.48. The fourth-order valence-corrected chi connectivity index (χ4v) is 2.12. The van der Waals surface area contributed by atoms with Crippen LogP contribution in [0.1, 0.15) is 17.3 Å². The van der Waals surface area contributed by atoms with Gasteiger partial charge in [-0.1, -0.05) is 0 Å². The number of aliphatic hydroxyl groups excluding tert-OH is 1. The summed E-state index contributed by atoms with van der Waals surface area (Å²) in [7, 11) is 0. The molecule has 0 aliphatic heterocycles. The van der Waals surface area contributed by atoms with Crippen LogP contribution >= 0.6 is 22.6 Å². The van der Waals surface area contributed by atoms with Crippen LogP contribution < -0.4 is 5.32 Å². The number of hydrogen-bond donors (Lipinski definition) is 2. The van der Waals surface area contributed by atoms with Gasteiger partial charge in [0.2, 0.25) is 5.78 Å². The molecule has 0 saturated heterocycles. The van der Waals surface area contributed by atoms with Gasteiger partial charge in [-0.05, 0) is 41.6 Å². The van der Waals surface area contributed by atoms with Crippen LogP contribution in [-0.2, 0) is 9.53 Å². The van der Waals surface area contributed by atoms with E-state index >= 15 is 0 Å². The summed E-state index contributed by atoms with van der Waals surface area (Å²) in [5.41, 5.74) is -1.04. The van der Waals surface area contributed by atoms with Crippen LogP contribution in [0.15, 0.2) is 23.9 Å². The summed E-state index contributed by atoms with van der Waals surface area (Å²) in [6, 6.07) is 2.07. The SMILES string of the molecule is CCOC(=O)C(=CNCCO)C(=O)c1cc(I)cc(F)c1F. The van der Waals surface area contributed by atoms with E-state index in [1.54, 1.807) is 29.5 Å². The van der Waals surface area contributed by atoms with E-state index in [1.807, 2.05) is 0 Å². The predicted octanol–water partition coefficient (Wildman–Crippen LogP) is 1.78. The van der Waals surface area contributed by atoms with Crippen molar-refractivity contribution in [1.82, 2.24) is 5.32 Å². The Morgan fingerprint density at radius 2 is 2.09 bits per heavy atom. The van der Waals surface area contributed by atoms with E-state index in [-0.39, 0.29) is 19.8 Å². The molecule has 0 spiro atoms. The molecule has 0 aliphatic rings. The van der Waals surface area contributed by atoms with Gasteiger partial charge in [0.05, 0.1) is 18.8 Å². The highest BCUT2D eigenvalue weighted by Gasteiger charge is 2.25. The molecule has 0 bridgehead atoms.